The number of halogens is 1. The standard InChI is InChI=1S/C18H12BrNO4/c19-13-6-4-11(5-7-13)15-8-9-16(24-15)17(21)20-14-3-1-2-12(10-14)18(22)23/h1-10H,(H,20,21)(H,22,23). The topological polar surface area (TPSA) is 79.5 Å². The number of carboxylic acid groups (broad SMARTS) is 1. The molecule has 120 valence electrons. The maximum absolute atomic E-state index is 12.2. The van der Waals surface area contributed by atoms with Crippen LogP contribution in [0.1, 0.15) is 20.9 Å². The average Bonchev–Trinajstić information content (AvgIpc) is 3.06. The number of rotatable bonds is 4. The molecule has 1 aromatic heterocycles. The Balaban J connectivity index is 1.77. The van der Waals surface area contributed by atoms with Crippen LogP contribution in [0.25, 0.3) is 11.3 Å². The highest BCUT2D eigenvalue weighted by atomic mass is 79.9. The molecule has 24 heavy (non-hydrogen) atoms. The number of hydrogen-bond acceptors (Lipinski definition) is 3. The third-order valence-corrected chi connectivity index (χ3v) is 3.85. The fourth-order valence-electron chi connectivity index (χ4n) is 2.15. The number of carbonyl (C=O) groups is 2. The van der Waals surface area contributed by atoms with Crippen LogP contribution >= 0.6 is 15.9 Å². The van der Waals surface area contributed by atoms with E-state index in [4.69, 9.17) is 9.52 Å². The number of aromatic carboxylic acids is 1. The summed E-state index contributed by atoms with van der Waals surface area (Å²) in [5.74, 6) is -0.775. The first-order valence-corrected chi connectivity index (χ1v) is 7.83. The van der Waals surface area contributed by atoms with Crippen LogP contribution in [-0.4, -0.2) is 17.0 Å². The zero-order chi connectivity index (χ0) is 17.1. The maximum atomic E-state index is 12.2. The summed E-state index contributed by atoms with van der Waals surface area (Å²) in [5.41, 5.74) is 1.34. The Kier molecular flexibility index (Phi) is 4.48. The molecule has 0 spiro atoms. The highest BCUT2D eigenvalue weighted by Gasteiger charge is 2.13. The van der Waals surface area contributed by atoms with E-state index in [9.17, 15) is 9.59 Å². The van der Waals surface area contributed by atoms with Crippen LogP contribution in [0.5, 0.6) is 0 Å². The van der Waals surface area contributed by atoms with Gasteiger partial charge in [-0.15, -0.1) is 0 Å². The molecule has 5 nitrogen and oxygen atoms in total. The van der Waals surface area contributed by atoms with Crippen LogP contribution in [0.2, 0.25) is 0 Å². The Morgan fingerprint density at radius 3 is 2.46 bits per heavy atom. The molecule has 0 aliphatic heterocycles. The van der Waals surface area contributed by atoms with Crippen molar-refractivity contribution >= 4 is 33.5 Å². The van der Waals surface area contributed by atoms with Gasteiger partial charge < -0.3 is 14.8 Å². The van der Waals surface area contributed by atoms with E-state index in [-0.39, 0.29) is 11.3 Å². The lowest BCUT2D eigenvalue weighted by molar-refractivity contribution is 0.0696. The lowest BCUT2D eigenvalue weighted by atomic mass is 10.2. The molecule has 1 heterocycles. The molecular weight excluding hydrogens is 374 g/mol. The van der Waals surface area contributed by atoms with Crippen molar-refractivity contribution in [1.29, 1.82) is 0 Å². The van der Waals surface area contributed by atoms with E-state index in [1.54, 1.807) is 24.3 Å². The SMILES string of the molecule is O=C(O)c1cccc(NC(=O)c2ccc(-c3ccc(Br)cc3)o2)c1. The van der Waals surface area contributed by atoms with Gasteiger partial charge in [0, 0.05) is 15.7 Å². The van der Waals surface area contributed by atoms with E-state index < -0.39 is 11.9 Å². The Labute approximate surface area is 146 Å². The molecule has 2 N–H and O–H groups in total. The van der Waals surface area contributed by atoms with E-state index in [1.807, 2.05) is 24.3 Å². The van der Waals surface area contributed by atoms with Crippen LogP contribution in [0.3, 0.4) is 0 Å². The summed E-state index contributed by atoms with van der Waals surface area (Å²) in [6.45, 7) is 0. The second-order valence-corrected chi connectivity index (χ2v) is 5.93. The number of anilines is 1. The molecule has 0 unspecified atom stereocenters. The number of furan rings is 1. The van der Waals surface area contributed by atoms with Gasteiger partial charge in [-0.1, -0.05) is 34.1 Å². The van der Waals surface area contributed by atoms with Gasteiger partial charge in [-0.2, -0.15) is 0 Å². The molecule has 3 rings (SSSR count). The predicted octanol–water partition coefficient (Wildman–Crippen LogP) is 4.66. The van der Waals surface area contributed by atoms with Gasteiger partial charge in [0.15, 0.2) is 5.76 Å². The van der Waals surface area contributed by atoms with Crippen LogP contribution < -0.4 is 5.32 Å². The first-order chi connectivity index (χ1) is 11.5. The molecule has 0 aliphatic carbocycles. The number of carboxylic acids is 1. The van der Waals surface area contributed by atoms with E-state index in [2.05, 4.69) is 21.2 Å². The number of amides is 1. The lowest BCUT2D eigenvalue weighted by Gasteiger charge is -2.04. The summed E-state index contributed by atoms with van der Waals surface area (Å²) in [5, 5.41) is 11.6. The van der Waals surface area contributed by atoms with Gasteiger partial charge in [0.05, 0.1) is 5.56 Å². The van der Waals surface area contributed by atoms with Crippen molar-refractivity contribution in [3.05, 3.63) is 76.5 Å². The first kappa shape index (κ1) is 16.0. The molecule has 0 atom stereocenters. The van der Waals surface area contributed by atoms with Gasteiger partial charge in [-0.3, -0.25) is 4.79 Å². The molecule has 1 amide bonds. The molecule has 0 saturated heterocycles. The Morgan fingerprint density at radius 1 is 1.00 bits per heavy atom. The Bertz CT molecular complexity index is 899. The van der Waals surface area contributed by atoms with E-state index in [0.29, 0.717) is 11.4 Å². The van der Waals surface area contributed by atoms with Crippen molar-refractivity contribution in [3.8, 4) is 11.3 Å². The highest BCUT2D eigenvalue weighted by Crippen LogP contribution is 2.24. The third kappa shape index (κ3) is 3.55. The normalized spacial score (nSPS) is 10.4. The van der Waals surface area contributed by atoms with Gasteiger partial charge in [0.1, 0.15) is 5.76 Å². The molecule has 6 heteroatoms. The van der Waals surface area contributed by atoms with Gasteiger partial charge in [-0.05, 0) is 42.5 Å². The summed E-state index contributed by atoms with van der Waals surface area (Å²) >= 11 is 3.36. The monoisotopic (exact) mass is 385 g/mol. The largest absolute Gasteiger partial charge is 0.478 e. The van der Waals surface area contributed by atoms with Gasteiger partial charge in [0.25, 0.3) is 5.91 Å². The molecular formula is C18H12BrNO4. The molecule has 0 radical (unpaired) electrons. The zero-order valence-electron chi connectivity index (χ0n) is 12.3. The average molecular weight is 386 g/mol. The Morgan fingerprint density at radius 2 is 1.75 bits per heavy atom. The fraction of sp³-hybridized carbons (Fsp3) is 0. The van der Waals surface area contributed by atoms with E-state index >= 15 is 0 Å². The number of hydrogen-bond donors (Lipinski definition) is 2. The van der Waals surface area contributed by atoms with Crippen LogP contribution in [0.4, 0.5) is 5.69 Å². The summed E-state index contributed by atoms with van der Waals surface area (Å²) in [6, 6.07) is 16.8. The van der Waals surface area contributed by atoms with Gasteiger partial charge in [0.2, 0.25) is 0 Å². The fourth-order valence-corrected chi connectivity index (χ4v) is 2.42. The van der Waals surface area contributed by atoms with Crippen molar-refractivity contribution in [2.75, 3.05) is 5.32 Å². The minimum Gasteiger partial charge on any atom is -0.478 e. The van der Waals surface area contributed by atoms with E-state index in [1.165, 1.54) is 12.1 Å². The number of benzene rings is 2. The first-order valence-electron chi connectivity index (χ1n) is 7.03. The second kappa shape index (κ2) is 6.72. The molecule has 0 aliphatic rings. The third-order valence-electron chi connectivity index (χ3n) is 3.33. The molecule has 2 aromatic carbocycles. The predicted molar refractivity (Wildman–Crippen MR) is 93.2 cm³/mol. The minimum absolute atomic E-state index is 0.0998. The van der Waals surface area contributed by atoms with Crippen LogP contribution in [0, 0.1) is 0 Å². The lowest BCUT2D eigenvalue weighted by Crippen LogP contribution is -2.11. The van der Waals surface area contributed by atoms with Crippen LogP contribution in [-0.2, 0) is 0 Å². The van der Waals surface area contributed by atoms with Crippen LogP contribution in [0.15, 0.2) is 69.6 Å². The minimum atomic E-state index is -1.05. The van der Waals surface area contributed by atoms with Crippen molar-refractivity contribution in [3.63, 3.8) is 0 Å². The summed E-state index contributed by atoms with van der Waals surface area (Å²) < 4.78 is 6.53. The number of carbonyl (C=O) groups excluding carboxylic acids is 1. The van der Waals surface area contributed by atoms with Crippen molar-refractivity contribution in [2.45, 2.75) is 0 Å². The highest BCUT2D eigenvalue weighted by molar-refractivity contribution is 9.10. The Hall–Kier alpha value is -2.86. The number of nitrogens with one attached hydrogen (secondary N) is 1. The van der Waals surface area contributed by atoms with Crippen molar-refractivity contribution < 1.29 is 19.1 Å². The van der Waals surface area contributed by atoms with E-state index in [0.717, 1.165) is 10.0 Å². The van der Waals surface area contributed by atoms with Gasteiger partial charge >= 0.3 is 5.97 Å². The molecule has 0 bridgehead atoms. The van der Waals surface area contributed by atoms with Crippen molar-refractivity contribution in [1.82, 2.24) is 0 Å². The van der Waals surface area contributed by atoms with Crippen molar-refractivity contribution in [2.24, 2.45) is 0 Å². The second-order valence-electron chi connectivity index (χ2n) is 5.01. The summed E-state index contributed by atoms with van der Waals surface area (Å²) in [6.07, 6.45) is 0. The summed E-state index contributed by atoms with van der Waals surface area (Å²) in [4.78, 5) is 23.2. The molecule has 0 saturated carbocycles. The molecule has 0 fully saturated rings. The molecule has 3 aromatic rings. The maximum Gasteiger partial charge on any atom is 0.335 e. The quantitative estimate of drug-likeness (QED) is 0.684. The summed E-state index contributed by atoms with van der Waals surface area (Å²) in [7, 11) is 0. The smallest absolute Gasteiger partial charge is 0.335 e. The zero-order valence-corrected chi connectivity index (χ0v) is 13.9. The van der Waals surface area contributed by atoms with Gasteiger partial charge in [-0.25, -0.2) is 4.79 Å².